The predicted octanol–water partition coefficient (Wildman–Crippen LogP) is 4.45. The molecule has 20 heavy (non-hydrogen) atoms. The van der Waals surface area contributed by atoms with Gasteiger partial charge in [-0.3, -0.25) is 0 Å². The van der Waals surface area contributed by atoms with Crippen LogP contribution in [0.3, 0.4) is 0 Å². The summed E-state index contributed by atoms with van der Waals surface area (Å²) in [5.74, 6) is 16.3. The zero-order valence-electron chi connectivity index (χ0n) is 12.7. The van der Waals surface area contributed by atoms with Gasteiger partial charge in [0.1, 0.15) is 0 Å². The molecule has 13 atom stereocenters. The zero-order valence-corrected chi connectivity index (χ0v) is 12.7. The lowest BCUT2D eigenvalue weighted by atomic mass is 9.14. The first-order valence-electron chi connectivity index (χ1n) is 9.90. The number of rotatable bonds is 1. The van der Waals surface area contributed by atoms with E-state index in [0.29, 0.717) is 0 Å². The average Bonchev–Trinajstić information content (AvgIpc) is 2.41. The second-order valence-corrected chi connectivity index (χ2v) is 9.94. The van der Waals surface area contributed by atoms with Crippen LogP contribution in [0.5, 0.6) is 0 Å². The fraction of sp³-hybridized carbons (Fsp3) is 1.00. The van der Waals surface area contributed by atoms with Gasteiger partial charge in [-0.1, -0.05) is 19.8 Å². The van der Waals surface area contributed by atoms with Crippen LogP contribution in [0.15, 0.2) is 0 Å². The second kappa shape index (κ2) is 3.04. The van der Waals surface area contributed by atoms with E-state index in [-0.39, 0.29) is 0 Å². The molecule has 0 heteroatoms. The Labute approximate surface area is 123 Å². The Hall–Kier alpha value is 0. The van der Waals surface area contributed by atoms with E-state index in [2.05, 4.69) is 6.92 Å². The van der Waals surface area contributed by atoms with Crippen molar-refractivity contribution in [3.8, 4) is 0 Å². The topological polar surface area (TPSA) is 0 Å². The highest BCUT2D eigenvalue weighted by molar-refractivity contribution is 5.32. The van der Waals surface area contributed by atoms with Gasteiger partial charge >= 0.3 is 0 Å². The monoisotopic (exact) mass is 268 g/mol. The van der Waals surface area contributed by atoms with Gasteiger partial charge in [-0.25, -0.2) is 0 Å². The second-order valence-electron chi connectivity index (χ2n) is 9.94. The molecule has 0 aromatic rings. The van der Waals surface area contributed by atoms with Crippen molar-refractivity contribution in [2.75, 3.05) is 0 Å². The number of hydrogen-bond donors (Lipinski definition) is 0. The summed E-state index contributed by atoms with van der Waals surface area (Å²) < 4.78 is 0. The fourth-order valence-electron chi connectivity index (χ4n) is 9.78. The quantitative estimate of drug-likeness (QED) is 0.616. The van der Waals surface area contributed by atoms with Gasteiger partial charge in [-0.05, 0) is 103 Å². The molecule has 0 bridgehead atoms. The van der Waals surface area contributed by atoms with Crippen molar-refractivity contribution in [3.05, 3.63) is 0 Å². The summed E-state index contributed by atoms with van der Waals surface area (Å²) in [6, 6.07) is 0. The molecule has 1 unspecified atom stereocenters. The van der Waals surface area contributed by atoms with Gasteiger partial charge in [0, 0.05) is 0 Å². The maximum atomic E-state index is 2.44. The van der Waals surface area contributed by atoms with E-state index >= 15 is 0 Å². The van der Waals surface area contributed by atoms with Crippen LogP contribution < -0.4 is 0 Å². The summed E-state index contributed by atoms with van der Waals surface area (Å²) in [5, 5.41) is 0. The van der Waals surface area contributed by atoms with Crippen LogP contribution in [0.25, 0.3) is 0 Å². The van der Waals surface area contributed by atoms with E-state index < -0.39 is 0 Å². The van der Waals surface area contributed by atoms with Crippen LogP contribution in [-0.4, -0.2) is 0 Å². The smallest absolute Gasteiger partial charge is 0.0312 e. The van der Waals surface area contributed by atoms with Crippen molar-refractivity contribution in [1.29, 1.82) is 0 Å². The molecule has 0 aliphatic heterocycles. The van der Waals surface area contributed by atoms with Crippen molar-refractivity contribution in [1.82, 2.24) is 0 Å². The highest BCUT2D eigenvalue weighted by Gasteiger charge is 2.85. The Morgan fingerprint density at radius 3 is 1.50 bits per heavy atom. The summed E-state index contributed by atoms with van der Waals surface area (Å²) in [6.45, 7) is 2.44. The molecule has 7 fully saturated rings. The van der Waals surface area contributed by atoms with Crippen molar-refractivity contribution in [2.24, 2.45) is 76.9 Å². The number of fused-ring (bicyclic) bond motifs is 16. The average molecular weight is 268 g/mol. The first-order valence-corrected chi connectivity index (χ1v) is 9.90. The van der Waals surface area contributed by atoms with Crippen molar-refractivity contribution in [2.45, 2.75) is 45.4 Å². The van der Waals surface area contributed by atoms with Crippen LogP contribution >= 0.6 is 0 Å². The van der Waals surface area contributed by atoms with Gasteiger partial charge in [-0.2, -0.15) is 0 Å². The molecule has 0 aromatic heterocycles. The molecule has 7 aliphatic carbocycles. The summed E-state index contributed by atoms with van der Waals surface area (Å²) in [6.07, 6.45) is 9.59. The molecular formula is C20H28. The maximum Gasteiger partial charge on any atom is -0.0312 e. The molecule has 108 valence electrons. The van der Waals surface area contributed by atoms with Crippen LogP contribution in [-0.2, 0) is 0 Å². The minimum Gasteiger partial charge on any atom is -0.0651 e. The van der Waals surface area contributed by atoms with Gasteiger partial charge in [0.15, 0.2) is 0 Å². The van der Waals surface area contributed by atoms with E-state index in [1.807, 2.05) is 0 Å². The van der Waals surface area contributed by atoms with Crippen LogP contribution in [0, 0.1) is 76.9 Å². The molecule has 0 spiro atoms. The van der Waals surface area contributed by atoms with E-state index in [0.717, 1.165) is 5.92 Å². The van der Waals surface area contributed by atoms with Crippen LogP contribution in [0.2, 0.25) is 0 Å². The standard InChI is InChI=1S/C20H28/c1-2-8-3-4-11-12(7-8)16-15(11)19-17-13-9-5-6-10(9)14(13)18(17)20(16)19/h8-20H,2-7H2,1H3/t8?,9-,10+,11-,12+,13+,14-,15+,16-,17-,18+,19+,20-/m0/s1. The first-order chi connectivity index (χ1) is 9.90. The van der Waals surface area contributed by atoms with E-state index in [1.54, 1.807) is 32.1 Å². The van der Waals surface area contributed by atoms with E-state index in [1.165, 1.54) is 77.4 Å². The van der Waals surface area contributed by atoms with Gasteiger partial charge in [-0.15, -0.1) is 0 Å². The lowest BCUT2D eigenvalue weighted by Gasteiger charge is -2.90. The van der Waals surface area contributed by atoms with Crippen LogP contribution in [0.4, 0.5) is 0 Å². The molecule has 0 radical (unpaired) electrons. The van der Waals surface area contributed by atoms with Crippen molar-refractivity contribution < 1.29 is 0 Å². The molecule has 7 rings (SSSR count). The molecule has 0 amide bonds. The first kappa shape index (κ1) is 10.7. The summed E-state index contributed by atoms with van der Waals surface area (Å²) in [7, 11) is 0. The van der Waals surface area contributed by atoms with Crippen molar-refractivity contribution in [3.63, 3.8) is 0 Å². The Balaban J connectivity index is 1.16. The Morgan fingerprint density at radius 1 is 0.550 bits per heavy atom. The molecule has 0 saturated heterocycles. The third-order valence-corrected chi connectivity index (χ3v) is 10.4. The van der Waals surface area contributed by atoms with Gasteiger partial charge in [0.25, 0.3) is 0 Å². The Bertz CT molecular complexity index is 492. The third-order valence-electron chi connectivity index (χ3n) is 10.4. The number of hydrogen-bond acceptors (Lipinski definition) is 0. The maximum absolute atomic E-state index is 2.44. The fourth-order valence-corrected chi connectivity index (χ4v) is 9.78. The van der Waals surface area contributed by atoms with Gasteiger partial charge < -0.3 is 0 Å². The molecule has 7 aliphatic rings. The molecule has 0 aromatic carbocycles. The lowest BCUT2D eigenvalue weighted by molar-refractivity contribution is -0.434. The van der Waals surface area contributed by atoms with Crippen LogP contribution in [0.1, 0.15) is 45.4 Å². The summed E-state index contributed by atoms with van der Waals surface area (Å²) >= 11 is 0. The third kappa shape index (κ3) is 0.813. The predicted molar refractivity (Wildman–Crippen MR) is 78.7 cm³/mol. The Morgan fingerprint density at radius 2 is 1.00 bits per heavy atom. The molecule has 0 nitrogen and oxygen atoms in total. The minimum absolute atomic E-state index is 1.11. The van der Waals surface area contributed by atoms with Crippen molar-refractivity contribution >= 4 is 0 Å². The summed E-state index contributed by atoms with van der Waals surface area (Å²) in [5.41, 5.74) is 0. The summed E-state index contributed by atoms with van der Waals surface area (Å²) in [4.78, 5) is 0. The SMILES string of the molecule is CCC1CC[C@H]2[C@@H](C1)[C@H]1[C@@H]2[C@@H]2[C@H]3[C@@H]4[C@H]5CC[C@H]5[C@@H]4[C@H]3[C@H]12. The largest absolute Gasteiger partial charge is 0.0651 e. The van der Waals surface area contributed by atoms with Gasteiger partial charge in [0.2, 0.25) is 0 Å². The highest BCUT2D eigenvalue weighted by Crippen LogP contribution is 2.89. The minimum atomic E-state index is 1.11. The van der Waals surface area contributed by atoms with E-state index in [9.17, 15) is 0 Å². The molecular weight excluding hydrogens is 240 g/mol. The zero-order chi connectivity index (χ0) is 12.7. The highest BCUT2D eigenvalue weighted by atomic mass is 14.9. The Kier molecular flexibility index (Phi) is 1.62. The molecule has 0 heterocycles. The molecule has 7 saturated carbocycles. The van der Waals surface area contributed by atoms with E-state index in [4.69, 9.17) is 0 Å². The normalized spacial score (nSPS) is 77.0. The lowest BCUT2D eigenvalue weighted by Crippen LogP contribution is -2.86. The molecule has 0 N–H and O–H groups in total. The van der Waals surface area contributed by atoms with Gasteiger partial charge in [0.05, 0.1) is 0 Å².